The molecule has 0 spiro atoms. The van der Waals surface area contributed by atoms with Gasteiger partial charge in [0.1, 0.15) is 17.7 Å². The molecule has 1 amide bonds. The summed E-state index contributed by atoms with van der Waals surface area (Å²) in [5, 5.41) is 10.3. The number of methoxy groups -OCH3 is 1. The van der Waals surface area contributed by atoms with Gasteiger partial charge in [-0.3, -0.25) is 13.9 Å². The first kappa shape index (κ1) is 23.1. The van der Waals surface area contributed by atoms with Gasteiger partial charge in [-0.25, -0.2) is 14.4 Å². The van der Waals surface area contributed by atoms with Gasteiger partial charge in [-0.15, -0.1) is 5.10 Å². The number of ether oxygens (including phenoxy) is 1. The lowest BCUT2D eigenvalue weighted by Gasteiger charge is -2.19. The standard InChI is InChI=1S/C22H25FN8O2.C2H6/c1-4-18(32)25-14-10-30(8-13(14)23)17-11-31-16(22-5-12(22)6-22)7-24-20(31)19(27-17)26-15-9-29(2)28-21(15)33-3;1-2/h4,7,9,11-14H,1,5-6,8,10H2,2-3H3,(H,25,32)(H,26,27);1-2H3. The van der Waals surface area contributed by atoms with Gasteiger partial charge in [-0.2, -0.15) is 0 Å². The molecule has 1 aliphatic heterocycles. The van der Waals surface area contributed by atoms with Crippen LogP contribution in [0.15, 0.2) is 31.2 Å². The number of fused-ring (bicyclic) bond motifs is 2. The molecule has 0 aromatic carbocycles. The van der Waals surface area contributed by atoms with Crippen LogP contribution in [0, 0.1) is 5.92 Å². The minimum Gasteiger partial charge on any atom is -0.478 e. The Morgan fingerprint density at radius 1 is 1.31 bits per heavy atom. The number of nitrogens with zero attached hydrogens (tertiary/aromatic N) is 6. The van der Waals surface area contributed by atoms with Crippen LogP contribution in [-0.4, -0.2) is 62.5 Å². The van der Waals surface area contributed by atoms with E-state index in [1.165, 1.54) is 18.5 Å². The van der Waals surface area contributed by atoms with E-state index in [-0.39, 0.29) is 17.9 Å². The molecule has 6 rings (SSSR count). The first-order valence-electron chi connectivity index (χ1n) is 12.0. The fourth-order valence-corrected chi connectivity index (χ4v) is 4.86. The van der Waals surface area contributed by atoms with E-state index < -0.39 is 12.2 Å². The number of imidazole rings is 1. The smallest absolute Gasteiger partial charge is 0.256 e. The van der Waals surface area contributed by atoms with E-state index in [1.807, 2.05) is 38.2 Å². The Kier molecular flexibility index (Phi) is 5.65. The van der Waals surface area contributed by atoms with Crippen molar-refractivity contribution in [3.8, 4) is 5.88 Å². The second-order valence-electron chi connectivity index (χ2n) is 9.14. The van der Waals surface area contributed by atoms with Gasteiger partial charge in [0.25, 0.3) is 5.88 Å². The highest BCUT2D eigenvalue weighted by Crippen LogP contribution is 2.75. The lowest BCUT2D eigenvalue weighted by molar-refractivity contribution is -0.117. The normalized spacial score (nSPS) is 26.0. The fraction of sp³-hybridized carbons (Fsp3) is 0.500. The summed E-state index contributed by atoms with van der Waals surface area (Å²) in [6, 6.07) is -0.625. The zero-order chi connectivity index (χ0) is 24.9. The van der Waals surface area contributed by atoms with Crippen LogP contribution >= 0.6 is 0 Å². The van der Waals surface area contributed by atoms with Crippen LogP contribution in [0.1, 0.15) is 32.4 Å². The van der Waals surface area contributed by atoms with Gasteiger partial charge >= 0.3 is 0 Å². The SMILES string of the molecule is C=CC(=O)NC1CN(c2cn3c(C45CC4C5)cnc3c(Nc3cn(C)nc3OC)n2)CC1F.CC. The molecule has 2 aliphatic carbocycles. The summed E-state index contributed by atoms with van der Waals surface area (Å²) in [5.74, 6) is 1.94. The highest BCUT2D eigenvalue weighted by atomic mass is 19.1. The van der Waals surface area contributed by atoms with Gasteiger partial charge in [0, 0.05) is 30.9 Å². The van der Waals surface area contributed by atoms with E-state index in [0.29, 0.717) is 35.4 Å². The molecule has 0 radical (unpaired) electrons. The predicted octanol–water partition coefficient (Wildman–Crippen LogP) is 2.73. The zero-order valence-electron chi connectivity index (χ0n) is 20.5. The number of amides is 1. The molecule has 2 N–H and O–H groups in total. The molecule has 186 valence electrons. The number of aryl methyl sites for hydroxylation is 1. The second-order valence-corrected chi connectivity index (χ2v) is 9.14. The summed E-state index contributed by atoms with van der Waals surface area (Å²) in [7, 11) is 3.37. The first-order chi connectivity index (χ1) is 16.9. The molecule has 3 aliphatic rings. The number of hydrogen-bond acceptors (Lipinski definition) is 7. The Bertz CT molecular complexity index is 1280. The number of carbonyl (C=O) groups is 1. The van der Waals surface area contributed by atoms with Crippen molar-refractivity contribution in [2.45, 2.75) is 44.3 Å². The van der Waals surface area contributed by atoms with Crippen molar-refractivity contribution in [2.24, 2.45) is 13.0 Å². The minimum atomic E-state index is -1.21. The van der Waals surface area contributed by atoms with Crippen LogP contribution < -0.4 is 20.3 Å². The van der Waals surface area contributed by atoms with Crippen molar-refractivity contribution in [3.63, 3.8) is 0 Å². The molecule has 3 aromatic rings. The molecule has 0 bridgehead atoms. The van der Waals surface area contributed by atoms with Crippen LogP contribution in [0.4, 0.5) is 21.7 Å². The zero-order valence-corrected chi connectivity index (χ0v) is 20.5. The quantitative estimate of drug-likeness (QED) is 0.500. The third-order valence-electron chi connectivity index (χ3n) is 7.00. The van der Waals surface area contributed by atoms with Crippen molar-refractivity contribution >= 4 is 28.9 Å². The maximum Gasteiger partial charge on any atom is 0.256 e. The minimum absolute atomic E-state index is 0.133. The Balaban J connectivity index is 0.00000124. The molecular weight excluding hydrogens is 451 g/mol. The van der Waals surface area contributed by atoms with E-state index in [4.69, 9.17) is 9.72 Å². The van der Waals surface area contributed by atoms with Gasteiger partial charge in [0.2, 0.25) is 5.91 Å². The average Bonchev–Trinajstić information content (AvgIpc) is 3.52. The molecule has 4 heterocycles. The lowest BCUT2D eigenvalue weighted by Crippen LogP contribution is -2.40. The number of anilines is 3. The van der Waals surface area contributed by atoms with Crippen molar-refractivity contribution in [1.29, 1.82) is 0 Å². The molecule has 1 saturated heterocycles. The van der Waals surface area contributed by atoms with E-state index >= 15 is 0 Å². The van der Waals surface area contributed by atoms with Crippen molar-refractivity contribution in [2.75, 3.05) is 30.4 Å². The first-order valence-corrected chi connectivity index (χ1v) is 12.0. The molecule has 3 aromatic heterocycles. The van der Waals surface area contributed by atoms with Crippen LogP contribution in [0.3, 0.4) is 0 Å². The maximum atomic E-state index is 14.7. The van der Waals surface area contributed by atoms with E-state index in [2.05, 4.69) is 31.7 Å². The van der Waals surface area contributed by atoms with Crippen LogP contribution in [0.25, 0.3) is 5.65 Å². The van der Waals surface area contributed by atoms with E-state index in [1.54, 1.807) is 18.0 Å². The van der Waals surface area contributed by atoms with E-state index in [9.17, 15) is 9.18 Å². The van der Waals surface area contributed by atoms with Gasteiger partial charge in [-0.1, -0.05) is 20.4 Å². The number of alkyl halides is 1. The lowest BCUT2D eigenvalue weighted by atomic mass is 10.1. The van der Waals surface area contributed by atoms with Crippen molar-refractivity contribution in [1.82, 2.24) is 29.5 Å². The van der Waals surface area contributed by atoms with Gasteiger partial charge in [0.05, 0.1) is 32.1 Å². The number of carbonyl (C=O) groups excluding carboxylic acids is 1. The van der Waals surface area contributed by atoms with Crippen LogP contribution in [-0.2, 0) is 17.3 Å². The Hall–Kier alpha value is -3.63. The molecule has 2 unspecified atom stereocenters. The molecule has 2 atom stereocenters. The van der Waals surface area contributed by atoms with Crippen LogP contribution in [0.2, 0.25) is 0 Å². The topological polar surface area (TPSA) is 102 Å². The summed E-state index contributed by atoms with van der Waals surface area (Å²) >= 11 is 0. The summed E-state index contributed by atoms with van der Waals surface area (Å²) in [5.41, 5.74) is 2.75. The highest BCUT2D eigenvalue weighted by molar-refractivity contribution is 5.87. The third kappa shape index (κ3) is 3.88. The molecule has 35 heavy (non-hydrogen) atoms. The molecule has 3 fully saturated rings. The number of aromatic nitrogens is 5. The molecular formula is C24H31FN8O2. The Morgan fingerprint density at radius 2 is 2.06 bits per heavy atom. The number of halogens is 1. The predicted molar refractivity (Wildman–Crippen MR) is 131 cm³/mol. The monoisotopic (exact) mass is 482 g/mol. The van der Waals surface area contributed by atoms with Gasteiger partial charge in [0.15, 0.2) is 11.5 Å². The van der Waals surface area contributed by atoms with Crippen molar-refractivity contribution in [3.05, 3.63) is 36.9 Å². The summed E-state index contributed by atoms with van der Waals surface area (Å²) in [6.07, 6.45) is 7.97. The Labute approximate surface area is 203 Å². The average molecular weight is 483 g/mol. The van der Waals surface area contributed by atoms with E-state index in [0.717, 1.165) is 12.0 Å². The van der Waals surface area contributed by atoms with Gasteiger partial charge in [-0.05, 0) is 24.8 Å². The number of nitrogens with one attached hydrogen (secondary N) is 2. The van der Waals surface area contributed by atoms with Crippen molar-refractivity contribution < 1.29 is 13.9 Å². The summed E-state index contributed by atoms with van der Waals surface area (Å²) < 4.78 is 23.8. The fourth-order valence-electron chi connectivity index (χ4n) is 4.86. The van der Waals surface area contributed by atoms with Crippen LogP contribution in [0.5, 0.6) is 5.88 Å². The number of hydrogen-bond donors (Lipinski definition) is 2. The third-order valence-corrected chi connectivity index (χ3v) is 7.00. The molecule has 10 nitrogen and oxygen atoms in total. The summed E-state index contributed by atoms with van der Waals surface area (Å²) in [6.45, 7) is 7.89. The van der Waals surface area contributed by atoms with Gasteiger partial charge < -0.3 is 20.3 Å². The number of rotatable bonds is 7. The summed E-state index contributed by atoms with van der Waals surface area (Å²) in [4.78, 5) is 23.0. The second kappa shape index (κ2) is 8.54. The maximum absolute atomic E-state index is 14.7. The Morgan fingerprint density at radius 3 is 2.71 bits per heavy atom. The largest absolute Gasteiger partial charge is 0.478 e. The molecule has 2 saturated carbocycles. The molecule has 11 heteroatoms. The highest BCUT2D eigenvalue weighted by Gasteiger charge is 2.71.